The normalized spacial score (nSPS) is 12.4. The zero-order chi connectivity index (χ0) is 20.4. The maximum Gasteiger partial charge on any atom is 0.408 e. The van der Waals surface area contributed by atoms with Gasteiger partial charge >= 0.3 is 12.1 Å². The highest BCUT2D eigenvalue weighted by Crippen LogP contribution is 2.08. The number of carbonyl (C=O) groups is 3. The molecule has 27 heavy (non-hydrogen) atoms. The highest BCUT2D eigenvalue weighted by atomic mass is 16.6. The van der Waals surface area contributed by atoms with E-state index < -0.39 is 23.7 Å². The second-order valence-corrected chi connectivity index (χ2v) is 7.27. The molecule has 0 saturated carbocycles. The Hall–Kier alpha value is -2.41. The van der Waals surface area contributed by atoms with Gasteiger partial charge in [0.1, 0.15) is 5.60 Å². The van der Waals surface area contributed by atoms with E-state index in [1.807, 2.05) is 30.3 Å². The van der Waals surface area contributed by atoms with Crippen LogP contribution >= 0.6 is 0 Å². The fourth-order valence-corrected chi connectivity index (χ4v) is 2.32. The Morgan fingerprint density at radius 1 is 1.11 bits per heavy atom. The predicted molar refractivity (Wildman–Crippen MR) is 102 cm³/mol. The molecule has 7 nitrogen and oxygen atoms in total. The van der Waals surface area contributed by atoms with Gasteiger partial charge in [-0.2, -0.15) is 0 Å². The average molecular weight is 378 g/mol. The van der Waals surface area contributed by atoms with Gasteiger partial charge in [0.2, 0.25) is 0 Å². The Kier molecular flexibility index (Phi) is 8.94. The monoisotopic (exact) mass is 378 g/mol. The van der Waals surface area contributed by atoms with Crippen LogP contribution in [0.25, 0.3) is 0 Å². The van der Waals surface area contributed by atoms with E-state index in [9.17, 15) is 14.4 Å². The Balaban J connectivity index is 2.70. The molecule has 1 rings (SSSR count). The van der Waals surface area contributed by atoms with Crippen LogP contribution in [-0.4, -0.2) is 54.1 Å². The number of hydrogen-bond acceptors (Lipinski definition) is 6. The van der Waals surface area contributed by atoms with Gasteiger partial charge in [-0.05, 0) is 40.2 Å². The summed E-state index contributed by atoms with van der Waals surface area (Å²) in [5.41, 5.74) is 0.332. The fraction of sp³-hybridized carbons (Fsp3) is 0.550. The molecule has 1 unspecified atom stereocenters. The first kappa shape index (κ1) is 22.6. The van der Waals surface area contributed by atoms with E-state index >= 15 is 0 Å². The molecule has 1 aromatic rings. The molecule has 0 aliphatic carbocycles. The van der Waals surface area contributed by atoms with Crippen molar-refractivity contribution in [3.05, 3.63) is 35.9 Å². The summed E-state index contributed by atoms with van der Waals surface area (Å²) in [5.74, 6) is -0.616. The van der Waals surface area contributed by atoms with Gasteiger partial charge in [-0.15, -0.1) is 0 Å². The number of benzene rings is 1. The largest absolute Gasteiger partial charge is 0.465 e. The van der Waals surface area contributed by atoms with Crippen molar-refractivity contribution in [2.45, 2.75) is 52.8 Å². The van der Waals surface area contributed by atoms with Crippen molar-refractivity contribution in [1.82, 2.24) is 10.2 Å². The van der Waals surface area contributed by atoms with Gasteiger partial charge in [-0.25, -0.2) is 4.79 Å². The summed E-state index contributed by atoms with van der Waals surface area (Å²) in [6.45, 7) is 9.28. The molecule has 0 bridgehead atoms. The predicted octanol–water partition coefficient (Wildman–Crippen LogP) is 2.53. The number of ketones is 1. The number of alkyl carbamates (subject to hydrolysis) is 1. The van der Waals surface area contributed by atoms with Gasteiger partial charge in [-0.1, -0.05) is 30.3 Å². The van der Waals surface area contributed by atoms with Crippen molar-refractivity contribution < 1.29 is 23.9 Å². The maximum atomic E-state index is 12.5. The molecule has 0 aliphatic heterocycles. The molecule has 7 heteroatoms. The van der Waals surface area contributed by atoms with Crippen LogP contribution in [0.1, 0.15) is 40.2 Å². The van der Waals surface area contributed by atoms with Crippen molar-refractivity contribution in [1.29, 1.82) is 0 Å². The van der Waals surface area contributed by atoms with Crippen LogP contribution in [0.3, 0.4) is 0 Å². The summed E-state index contributed by atoms with van der Waals surface area (Å²) in [7, 11) is 0. The quantitative estimate of drug-likeness (QED) is 0.665. The molecule has 0 spiro atoms. The number of nitrogens with one attached hydrogen (secondary N) is 1. The molecule has 0 radical (unpaired) electrons. The number of amides is 1. The van der Waals surface area contributed by atoms with E-state index in [0.717, 1.165) is 5.56 Å². The van der Waals surface area contributed by atoms with Gasteiger partial charge in [0.25, 0.3) is 0 Å². The summed E-state index contributed by atoms with van der Waals surface area (Å²) in [4.78, 5) is 37.9. The number of carbonyl (C=O) groups excluding carboxylic acids is 3. The van der Waals surface area contributed by atoms with Crippen LogP contribution in [-0.2, 0) is 25.6 Å². The van der Waals surface area contributed by atoms with Crippen molar-refractivity contribution in [3.63, 3.8) is 0 Å². The van der Waals surface area contributed by atoms with E-state index in [0.29, 0.717) is 6.54 Å². The van der Waals surface area contributed by atoms with Crippen LogP contribution < -0.4 is 5.32 Å². The zero-order valence-corrected chi connectivity index (χ0v) is 16.8. The summed E-state index contributed by atoms with van der Waals surface area (Å²) in [6, 6.07) is 8.80. The summed E-state index contributed by atoms with van der Waals surface area (Å²) >= 11 is 0. The van der Waals surface area contributed by atoms with Crippen LogP contribution in [0.4, 0.5) is 4.79 Å². The van der Waals surface area contributed by atoms with Gasteiger partial charge in [0.05, 0.1) is 25.7 Å². The molecule has 0 aromatic heterocycles. The van der Waals surface area contributed by atoms with E-state index in [4.69, 9.17) is 9.47 Å². The molecular formula is C20H30N2O5. The minimum absolute atomic E-state index is 0.00464. The van der Waals surface area contributed by atoms with Crippen molar-refractivity contribution in [2.24, 2.45) is 0 Å². The second kappa shape index (κ2) is 10.7. The maximum absolute atomic E-state index is 12.5. The molecule has 0 saturated heterocycles. The van der Waals surface area contributed by atoms with E-state index in [-0.39, 0.29) is 25.5 Å². The topological polar surface area (TPSA) is 84.9 Å². The molecule has 0 fully saturated rings. The molecule has 0 aliphatic rings. The SMILES string of the molecule is CCOC(=O)CN(CC(=O)C(C)NC(=O)OC(C)(C)C)Cc1ccccc1. The minimum Gasteiger partial charge on any atom is -0.465 e. The van der Waals surface area contributed by atoms with Crippen LogP contribution in [0.2, 0.25) is 0 Å². The highest BCUT2D eigenvalue weighted by Gasteiger charge is 2.23. The van der Waals surface area contributed by atoms with Crippen molar-refractivity contribution in [2.75, 3.05) is 19.7 Å². The lowest BCUT2D eigenvalue weighted by molar-refractivity contribution is -0.144. The second-order valence-electron chi connectivity index (χ2n) is 7.27. The molecule has 1 N–H and O–H groups in total. The van der Waals surface area contributed by atoms with Gasteiger partial charge < -0.3 is 14.8 Å². The summed E-state index contributed by atoms with van der Waals surface area (Å²) in [6.07, 6.45) is -0.650. The third-order valence-electron chi connectivity index (χ3n) is 3.50. The lowest BCUT2D eigenvalue weighted by Crippen LogP contribution is -2.46. The smallest absolute Gasteiger partial charge is 0.408 e. The highest BCUT2D eigenvalue weighted by molar-refractivity contribution is 5.89. The molecule has 1 atom stereocenters. The van der Waals surface area contributed by atoms with Crippen LogP contribution in [0, 0.1) is 0 Å². The summed E-state index contributed by atoms with van der Waals surface area (Å²) in [5, 5.41) is 2.53. The lowest BCUT2D eigenvalue weighted by atomic mass is 10.1. The van der Waals surface area contributed by atoms with Crippen LogP contribution in [0.5, 0.6) is 0 Å². The van der Waals surface area contributed by atoms with Gasteiger partial charge in [-0.3, -0.25) is 14.5 Å². The number of esters is 1. The first-order valence-corrected chi connectivity index (χ1v) is 9.05. The first-order chi connectivity index (χ1) is 12.6. The average Bonchev–Trinajstić information content (AvgIpc) is 2.53. The molecular weight excluding hydrogens is 348 g/mol. The Morgan fingerprint density at radius 2 is 1.74 bits per heavy atom. The zero-order valence-electron chi connectivity index (χ0n) is 16.8. The van der Waals surface area contributed by atoms with Gasteiger partial charge in [0, 0.05) is 6.54 Å². The Bertz CT molecular complexity index is 625. The fourth-order valence-electron chi connectivity index (χ4n) is 2.32. The molecule has 0 heterocycles. The number of rotatable bonds is 9. The number of ether oxygens (including phenoxy) is 2. The third-order valence-corrected chi connectivity index (χ3v) is 3.50. The number of Topliss-reactive ketones (excluding diaryl/α,β-unsaturated/α-hetero) is 1. The lowest BCUT2D eigenvalue weighted by Gasteiger charge is -2.24. The number of nitrogens with zero attached hydrogens (tertiary/aromatic N) is 1. The van der Waals surface area contributed by atoms with Gasteiger partial charge in [0.15, 0.2) is 5.78 Å². The van der Waals surface area contributed by atoms with Crippen molar-refractivity contribution in [3.8, 4) is 0 Å². The molecule has 1 aromatic carbocycles. The minimum atomic E-state index is -0.736. The van der Waals surface area contributed by atoms with E-state index in [2.05, 4.69) is 5.32 Å². The standard InChI is InChI=1S/C20H30N2O5/c1-6-26-18(24)14-22(12-16-10-8-7-9-11-16)13-17(23)15(2)21-19(25)27-20(3,4)5/h7-11,15H,6,12-14H2,1-5H3,(H,21,25). The Labute approximate surface area is 161 Å². The van der Waals surface area contributed by atoms with E-state index in [1.54, 1.807) is 39.5 Å². The Morgan fingerprint density at radius 3 is 2.30 bits per heavy atom. The third kappa shape index (κ3) is 9.75. The summed E-state index contributed by atoms with van der Waals surface area (Å²) < 4.78 is 10.2. The number of hydrogen-bond donors (Lipinski definition) is 1. The molecule has 150 valence electrons. The van der Waals surface area contributed by atoms with Crippen LogP contribution in [0.15, 0.2) is 30.3 Å². The van der Waals surface area contributed by atoms with E-state index in [1.165, 1.54) is 0 Å². The van der Waals surface area contributed by atoms with Crippen molar-refractivity contribution >= 4 is 17.8 Å². The molecule has 1 amide bonds. The first-order valence-electron chi connectivity index (χ1n) is 9.05.